The molecule has 6 heteroatoms. The number of hydrogen-bond donors (Lipinski definition) is 0. The van der Waals surface area contributed by atoms with Crippen molar-refractivity contribution in [3.8, 4) is 0 Å². The van der Waals surface area contributed by atoms with E-state index in [0.29, 0.717) is 22.0 Å². The fraction of sp³-hybridized carbons (Fsp3) is 0.238. The van der Waals surface area contributed by atoms with Crippen molar-refractivity contribution < 1.29 is 9.59 Å². The third-order valence-electron chi connectivity index (χ3n) is 5.03. The molecule has 27 heavy (non-hydrogen) atoms. The van der Waals surface area contributed by atoms with Gasteiger partial charge in [0.15, 0.2) is 0 Å². The van der Waals surface area contributed by atoms with Crippen molar-refractivity contribution in [1.82, 2.24) is 9.80 Å². The van der Waals surface area contributed by atoms with Gasteiger partial charge in [-0.3, -0.25) is 9.59 Å². The molecule has 2 aromatic carbocycles. The second-order valence-corrected chi connectivity index (χ2v) is 7.24. The monoisotopic (exact) mass is 381 g/mol. The average molecular weight is 382 g/mol. The molecule has 0 spiro atoms. The van der Waals surface area contributed by atoms with Gasteiger partial charge >= 0.3 is 0 Å². The highest BCUT2D eigenvalue weighted by Gasteiger charge is 2.42. The minimum atomic E-state index is -0.289. The third-order valence-corrected chi connectivity index (χ3v) is 5.28. The number of imide groups is 1. The zero-order chi connectivity index (χ0) is 19.0. The highest BCUT2D eigenvalue weighted by atomic mass is 35.5. The normalized spacial score (nSPS) is 18.6. The zero-order valence-corrected chi connectivity index (χ0v) is 15.8. The van der Waals surface area contributed by atoms with Crippen LogP contribution < -0.4 is 4.90 Å². The molecule has 138 valence electrons. The van der Waals surface area contributed by atoms with Crippen LogP contribution >= 0.6 is 11.6 Å². The summed E-state index contributed by atoms with van der Waals surface area (Å²) in [6, 6.07) is 16.2. The van der Waals surface area contributed by atoms with E-state index in [1.54, 1.807) is 24.3 Å². The van der Waals surface area contributed by atoms with E-state index >= 15 is 0 Å². The van der Waals surface area contributed by atoms with Crippen molar-refractivity contribution in [3.63, 3.8) is 0 Å². The second kappa shape index (κ2) is 7.18. The van der Waals surface area contributed by atoms with Crippen LogP contribution in [0, 0.1) is 0 Å². The minimum absolute atomic E-state index is 0.272. The number of hydrogen-bond acceptors (Lipinski definition) is 4. The summed E-state index contributed by atoms with van der Waals surface area (Å²) >= 11 is 5.97. The van der Waals surface area contributed by atoms with Gasteiger partial charge in [-0.2, -0.15) is 0 Å². The lowest BCUT2D eigenvalue weighted by Crippen LogP contribution is -2.46. The molecular weight excluding hydrogens is 362 g/mol. The first-order valence-corrected chi connectivity index (χ1v) is 9.31. The Labute approximate surface area is 163 Å². The quantitative estimate of drug-likeness (QED) is 0.767. The van der Waals surface area contributed by atoms with Crippen molar-refractivity contribution >= 4 is 34.7 Å². The van der Waals surface area contributed by atoms with Gasteiger partial charge in [-0.15, -0.1) is 0 Å². The Morgan fingerprint density at radius 1 is 0.815 bits per heavy atom. The average Bonchev–Trinajstić information content (AvgIpc) is 2.94. The van der Waals surface area contributed by atoms with Gasteiger partial charge in [0, 0.05) is 31.2 Å². The molecule has 0 aliphatic carbocycles. The van der Waals surface area contributed by atoms with Gasteiger partial charge in [-0.05, 0) is 36.9 Å². The summed E-state index contributed by atoms with van der Waals surface area (Å²) in [4.78, 5) is 32.1. The number of piperazine rings is 1. The summed E-state index contributed by atoms with van der Waals surface area (Å²) in [5.74, 6) is -0.562. The van der Waals surface area contributed by atoms with Gasteiger partial charge < -0.3 is 9.80 Å². The van der Waals surface area contributed by atoms with Crippen LogP contribution in [-0.2, 0) is 9.59 Å². The van der Waals surface area contributed by atoms with Crippen molar-refractivity contribution in [2.75, 3.05) is 38.1 Å². The lowest BCUT2D eigenvalue weighted by molar-refractivity contribution is -0.120. The second-order valence-electron chi connectivity index (χ2n) is 6.80. The number of benzene rings is 2. The molecule has 4 rings (SSSR count). The Hall–Kier alpha value is -2.63. The van der Waals surface area contributed by atoms with Crippen LogP contribution in [0.5, 0.6) is 0 Å². The summed E-state index contributed by atoms with van der Waals surface area (Å²) in [5, 5.41) is 0.563. The largest absolute Gasteiger partial charge is 0.364 e. The van der Waals surface area contributed by atoms with Crippen LogP contribution in [0.15, 0.2) is 60.3 Å². The van der Waals surface area contributed by atoms with Gasteiger partial charge in [0.1, 0.15) is 5.70 Å². The molecule has 2 amide bonds. The molecule has 1 saturated heterocycles. The van der Waals surface area contributed by atoms with Crippen molar-refractivity contribution in [3.05, 3.63) is 70.9 Å². The van der Waals surface area contributed by atoms with Crippen LogP contribution in [0.25, 0.3) is 5.57 Å². The molecule has 0 aromatic heterocycles. The molecule has 5 nitrogen and oxygen atoms in total. The fourth-order valence-corrected chi connectivity index (χ4v) is 3.66. The van der Waals surface area contributed by atoms with Gasteiger partial charge in [0.25, 0.3) is 11.8 Å². The SMILES string of the molecule is CN1CCN(C2=C(c3ccccc3)C(=O)N(c3ccc(Cl)cc3)C2=O)CC1. The lowest BCUT2D eigenvalue weighted by Gasteiger charge is -2.34. The molecule has 0 unspecified atom stereocenters. The Balaban J connectivity index is 1.79. The summed E-state index contributed by atoms with van der Waals surface area (Å²) in [7, 11) is 2.06. The van der Waals surface area contributed by atoms with E-state index < -0.39 is 0 Å². The molecule has 0 N–H and O–H groups in total. The summed E-state index contributed by atoms with van der Waals surface area (Å²) < 4.78 is 0. The summed E-state index contributed by atoms with van der Waals surface area (Å²) in [5.41, 5.74) is 2.27. The highest BCUT2D eigenvalue weighted by molar-refractivity contribution is 6.45. The topological polar surface area (TPSA) is 43.9 Å². The van der Waals surface area contributed by atoms with Crippen molar-refractivity contribution in [1.29, 1.82) is 0 Å². The number of nitrogens with zero attached hydrogens (tertiary/aromatic N) is 3. The maximum atomic E-state index is 13.3. The van der Waals surface area contributed by atoms with Gasteiger partial charge in [0.2, 0.25) is 0 Å². The highest BCUT2D eigenvalue weighted by Crippen LogP contribution is 2.35. The Bertz CT molecular complexity index is 901. The smallest absolute Gasteiger partial charge is 0.282 e. The number of carbonyl (C=O) groups excluding carboxylic acids is 2. The summed E-state index contributed by atoms with van der Waals surface area (Å²) in [6.07, 6.45) is 0. The summed E-state index contributed by atoms with van der Waals surface area (Å²) in [6.45, 7) is 3.15. The predicted octanol–water partition coefficient (Wildman–Crippen LogP) is 2.87. The van der Waals surface area contributed by atoms with Crippen LogP contribution in [-0.4, -0.2) is 54.8 Å². The van der Waals surface area contributed by atoms with E-state index in [-0.39, 0.29) is 11.8 Å². The van der Waals surface area contributed by atoms with E-state index in [2.05, 4.69) is 11.9 Å². The van der Waals surface area contributed by atoms with Crippen molar-refractivity contribution in [2.45, 2.75) is 0 Å². The first kappa shape index (κ1) is 17.8. The molecular formula is C21H20ClN3O2. The van der Waals surface area contributed by atoms with Crippen LogP contribution in [0.4, 0.5) is 5.69 Å². The first-order chi connectivity index (χ1) is 13.1. The molecule has 0 saturated carbocycles. The number of amides is 2. The van der Waals surface area contributed by atoms with Crippen LogP contribution in [0.3, 0.4) is 0 Å². The fourth-order valence-electron chi connectivity index (χ4n) is 3.53. The van der Waals surface area contributed by atoms with Crippen LogP contribution in [0.1, 0.15) is 5.56 Å². The minimum Gasteiger partial charge on any atom is -0.364 e. The molecule has 2 aromatic rings. The predicted molar refractivity (Wildman–Crippen MR) is 106 cm³/mol. The van der Waals surface area contributed by atoms with E-state index in [1.807, 2.05) is 35.2 Å². The van der Waals surface area contributed by atoms with Gasteiger partial charge in [-0.1, -0.05) is 41.9 Å². The third kappa shape index (κ3) is 3.24. The molecule has 2 heterocycles. The molecule has 2 aliphatic heterocycles. The molecule has 2 aliphatic rings. The van der Waals surface area contributed by atoms with Crippen molar-refractivity contribution in [2.24, 2.45) is 0 Å². The first-order valence-electron chi connectivity index (χ1n) is 8.94. The lowest BCUT2D eigenvalue weighted by atomic mass is 10.0. The molecule has 1 fully saturated rings. The van der Waals surface area contributed by atoms with Gasteiger partial charge in [0.05, 0.1) is 11.3 Å². The van der Waals surface area contributed by atoms with Crippen LogP contribution in [0.2, 0.25) is 5.02 Å². The Kier molecular flexibility index (Phi) is 4.72. The number of carbonyl (C=O) groups is 2. The van der Waals surface area contributed by atoms with E-state index in [4.69, 9.17) is 11.6 Å². The zero-order valence-electron chi connectivity index (χ0n) is 15.1. The van der Waals surface area contributed by atoms with E-state index in [9.17, 15) is 9.59 Å². The number of rotatable bonds is 3. The van der Waals surface area contributed by atoms with E-state index in [1.165, 1.54) is 4.90 Å². The maximum Gasteiger partial charge on any atom is 0.282 e. The standard InChI is InChI=1S/C21H20ClN3O2/c1-23-11-13-24(14-12-23)19-18(15-5-3-2-4-6-15)20(26)25(21(19)27)17-9-7-16(22)8-10-17/h2-10H,11-14H2,1H3. The van der Waals surface area contributed by atoms with Gasteiger partial charge in [-0.25, -0.2) is 4.90 Å². The maximum absolute atomic E-state index is 13.3. The Morgan fingerprint density at radius 2 is 1.44 bits per heavy atom. The molecule has 0 radical (unpaired) electrons. The molecule has 0 atom stereocenters. The number of anilines is 1. The molecule has 0 bridgehead atoms. The number of halogens is 1. The number of likely N-dealkylation sites (N-methyl/N-ethyl adjacent to an activating group) is 1. The Morgan fingerprint density at radius 3 is 2.07 bits per heavy atom. The van der Waals surface area contributed by atoms with E-state index in [0.717, 1.165) is 31.7 Å².